The second-order valence-electron chi connectivity index (χ2n) is 3.93. The number of likely N-dealkylation sites (tertiary alicyclic amines) is 1. The first-order chi connectivity index (χ1) is 5.70. The molecule has 0 radical (unpaired) electrons. The molecule has 2 saturated heterocycles. The fraction of sp³-hybridized carbons (Fsp3) is 0.875. The van der Waals surface area contributed by atoms with Crippen LogP contribution in [0, 0.1) is 0 Å². The van der Waals surface area contributed by atoms with E-state index >= 15 is 0 Å². The highest BCUT2D eigenvalue weighted by Gasteiger charge is 2.39. The number of carbonyl (C=O) groups excluding carboxylic acids is 1. The van der Waals surface area contributed by atoms with Crippen molar-refractivity contribution in [3.8, 4) is 0 Å². The van der Waals surface area contributed by atoms with E-state index in [0.717, 1.165) is 25.9 Å². The van der Waals surface area contributed by atoms with E-state index in [-0.39, 0.29) is 11.4 Å². The SMILES string of the molecule is CN1CCC2(CC1)CC(=O)NN2. The number of hydrogen-bond acceptors (Lipinski definition) is 3. The number of amides is 1. The zero-order valence-electron chi connectivity index (χ0n) is 7.39. The van der Waals surface area contributed by atoms with Crippen LogP contribution in [0.4, 0.5) is 0 Å². The van der Waals surface area contributed by atoms with E-state index in [9.17, 15) is 4.79 Å². The second kappa shape index (κ2) is 2.71. The summed E-state index contributed by atoms with van der Waals surface area (Å²) in [4.78, 5) is 13.3. The van der Waals surface area contributed by atoms with E-state index in [0.29, 0.717) is 6.42 Å². The molecule has 0 bridgehead atoms. The number of nitrogens with one attached hydrogen (secondary N) is 2. The number of hydrogen-bond donors (Lipinski definition) is 2. The lowest BCUT2D eigenvalue weighted by Gasteiger charge is -2.36. The number of piperidine rings is 1. The molecule has 2 rings (SSSR count). The first kappa shape index (κ1) is 8.01. The molecule has 0 saturated carbocycles. The molecule has 0 aliphatic carbocycles. The van der Waals surface area contributed by atoms with Gasteiger partial charge in [0.25, 0.3) is 0 Å². The van der Waals surface area contributed by atoms with Crippen molar-refractivity contribution in [2.45, 2.75) is 24.8 Å². The van der Waals surface area contributed by atoms with Gasteiger partial charge in [-0.25, -0.2) is 5.43 Å². The Bertz CT molecular complexity index is 196. The summed E-state index contributed by atoms with van der Waals surface area (Å²) in [5, 5.41) is 0. The molecule has 0 aromatic rings. The fourth-order valence-electron chi connectivity index (χ4n) is 1.95. The highest BCUT2D eigenvalue weighted by molar-refractivity contribution is 5.79. The molecular formula is C8H15N3O. The Morgan fingerprint density at radius 3 is 2.58 bits per heavy atom. The smallest absolute Gasteiger partial charge is 0.236 e. The van der Waals surface area contributed by atoms with Crippen LogP contribution in [0.2, 0.25) is 0 Å². The highest BCUT2D eigenvalue weighted by atomic mass is 16.2. The van der Waals surface area contributed by atoms with Crippen molar-refractivity contribution in [2.24, 2.45) is 0 Å². The molecule has 0 aromatic heterocycles. The number of rotatable bonds is 0. The van der Waals surface area contributed by atoms with Crippen LogP contribution >= 0.6 is 0 Å². The molecule has 2 aliphatic heterocycles. The maximum atomic E-state index is 11.0. The first-order valence-corrected chi connectivity index (χ1v) is 4.45. The fourth-order valence-corrected chi connectivity index (χ4v) is 1.95. The van der Waals surface area contributed by atoms with Crippen LogP contribution < -0.4 is 10.9 Å². The molecule has 0 unspecified atom stereocenters. The summed E-state index contributed by atoms with van der Waals surface area (Å²) < 4.78 is 0. The molecule has 1 spiro atoms. The maximum Gasteiger partial charge on any atom is 0.236 e. The molecule has 4 heteroatoms. The molecule has 2 N–H and O–H groups in total. The van der Waals surface area contributed by atoms with Crippen molar-refractivity contribution in [1.29, 1.82) is 0 Å². The molecule has 2 aliphatic rings. The predicted molar refractivity (Wildman–Crippen MR) is 45.4 cm³/mol. The summed E-state index contributed by atoms with van der Waals surface area (Å²) in [5.74, 6) is 0.138. The van der Waals surface area contributed by atoms with E-state index in [1.165, 1.54) is 0 Å². The summed E-state index contributed by atoms with van der Waals surface area (Å²) in [6, 6.07) is 0. The van der Waals surface area contributed by atoms with Gasteiger partial charge in [-0.3, -0.25) is 10.2 Å². The number of nitrogens with zero attached hydrogens (tertiary/aromatic N) is 1. The van der Waals surface area contributed by atoms with Crippen molar-refractivity contribution in [3.05, 3.63) is 0 Å². The lowest BCUT2D eigenvalue weighted by molar-refractivity contribution is -0.119. The summed E-state index contributed by atoms with van der Waals surface area (Å²) in [5.41, 5.74) is 5.88. The van der Waals surface area contributed by atoms with Gasteiger partial charge >= 0.3 is 0 Å². The van der Waals surface area contributed by atoms with E-state index in [2.05, 4.69) is 22.8 Å². The van der Waals surface area contributed by atoms with E-state index in [4.69, 9.17) is 0 Å². The van der Waals surface area contributed by atoms with Gasteiger partial charge in [0, 0.05) is 12.0 Å². The van der Waals surface area contributed by atoms with Gasteiger partial charge in [-0.05, 0) is 33.0 Å². The van der Waals surface area contributed by atoms with Crippen LogP contribution in [0.5, 0.6) is 0 Å². The molecule has 4 nitrogen and oxygen atoms in total. The molecule has 0 aromatic carbocycles. The molecule has 12 heavy (non-hydrogen) atoms. The first-order valence-electron chi connectivity index (χ1n) is 4.45. The third-order valence-electron chi connectivity index (χ3n) is 2.91. The standard InChI is InChI=1S/C8H15N3O/c1-11-4-2-8(3-5-11)6-7(12)9-10-8/h10H,2-6H2,1H3,(H,9,12). The van der Waals surface area contributed by atoms with Gasteiger partial charge in [0.05, 0.1) is 0 Å². The van der Waals surface area contributed by atoms with Crippen molar-refractivity contribution in [2.75, 3.05) is 20.1 Å². The average Bonchev–Trinajstić information content (AvgIpc) is 2.40. The molecular weight excluding hydrogens is 154 g/mol. The van der Waals surface area contributed by atoms with Gasteiger partial charge in [-0.1, -0.05) is 0 Å². The van der Waals surface area contributed by atoms with Gasteiger partial charge < -0.3 is 4.90 Å². The molecule has 1 amide bonds. The van der Waals surface area contributed by atoms with E-state index < -0.39 is 0 Å². The molecule has 0 atom stereocenters. The summed E-state index contributed by atoms with van der Waals surface area (Å²) in [7, 11) is 2.12. The van der Waals surface area contributed by atoms with Crippen molar-refractivity contribution >= 4 is 5.91 Å². The Hall–Kier alpha value is -0.610. The normalized spacial score (nSPS) is 29.2. The van der Waals surface area contributed by atoms with Crippen LogP contribution in [-0.2, 0) is 4.79 Å². The lowest BCUT2D eigenvalue weighted by Crippen LogP contribution is -2.51. The third kappa shape index (κ3) is 1.32. The Kier molecular flexibility index (Phi) is 1.81. The molecule has 2 fully saturated rings. The van der Waals surface area contributed by atoms with Crippen LogP contribution in [0.15, 0.2) is 0 Å². The van der Waals surface area contributed by atoms with Crippen LogP contribution in [0.1, 0.15) is 19.3 Å². The van der Waals surface area contributed by atoms with E-state index in [1.54, 1.807) is 0 Å². The third-order valence-corrected chi connectivity index (χ3v) is 2.91. The number of hydrazine groups is 1. The van der Waals surface area contributed by atoms with Gasteiger partial charge in [0.15, 0.2) is 0 Å². The Labute approximate surface area is 72.3 Å². The summed E-state index contributed by atoms with van der Waals surface area (Å²) in [6.45, 7) is 2.17. The molecule has 2 heterocycles. The monoisotopic (exact) mass is 169 g/mol. The van der Waals surface area contributed by atoms with Gasteiger partial charge in [0.2, 0.25) is 5.91 Å². The van der Waals surface area contributed by atoms with Gasteiger partial charge in [-0.2, -0.15) is 0 Å². The van der Waals surface area contributed by atoms with E-state index in [1.807, 2.05) is 0 Å². The highest BCUT2D eigenvalue weighted by Crippen LogP contribution is 2.26. The van der Waals surface area contributed by atoms with Crippen LogP contribution in [-0.4, -0.2) is 36.5 Å². The maximum absolute atomic E-state index is 11.0. The minimum absolute atomic E-state index is 0.0730. The Balaban J connectivity index is 1.99. The van der Waals surface area contributed by atoms with Crippen molar-refractivity contribution in [3.63, 3.8) is 0 Å². The average molecular weight is 169 g/mol. The van der Waals surface area contributed by atoms with Gasteiger partial charge in [0.1, 0.15) is 0 Å². The topological polar surface area (TPSA) is 44.4 Å². The van der Waals surface area contributed by atoms with Crippen LogP contribution in [0.25, 0.3) is 0 Å². The van der Waals surface area contributed by atoms with Crippen LogP contribution in [0.3, 0.4) is 0 Å². The second-order valence-corrected chi connectivity index (χ2v) is 3.93. The zero-order valence-corrected chi connectivity index (χ0v) is 7.39. The van der Waals surface area contributed by atoms with Gasteiger partial charge in [-0.15, -0.1) is 0 Å². The quantitative estimate of drug-likeness (QED) is 0.512. The Morgan fingerprint density at radius 1 is 1.42 bits per heavy atom. The minimum atomic E-state index is 0.0730. The zero-order chi connectivity index (χ0) is 8.60. The lowest BCUT2D eigenvalue weighted by atomic mass is 9.86. The summed E-state index contributed by atoms with van der Waals surface area (Å²) in [6.07, 6.45) is 2.80. The predicted octanol–water partition coefficient (Wildman–Crippen LogP) is -0.525. The van der Waals surface area contributed by atoms with Crippen molar-refractivity contribution in [1.82, 2.24) is 15.8 Å². The Morgan fingerprint density at radius 2 is 2.08 bits per heavy atom. The largest absolute Gasteiger partial charge is 0.306 e. The number of carbonyl (C=O) groups is 1. The van der Waals surface area contributed by atoms with Crippen molar-refractivity contribution < 1.29 is 4.79 Å². The molecule has 68 valence electrons. The summed E-state index contributed by atoms with van der Waals surface area (Å²) >= 11 is 0. The minimum Gasteiger partial charge on any atom is -0.306 e.